The summed E-state index contributed by atoms with van der Waals surface area (Å²) >= 11 is 0. The van der Waals surface area contributed by atoms with Crippen molar-refractivity contribution in [2.75, 3.05) is 52.5 Å². The Bertz CT molecular complexity index is 6220. The third-order valence-corrected chi connectivity index (χ3v) is 26.7. The number of hydrogen-bond donors (Lipinski definition) is 3. The zero-order chi connectivity index (χ0) is 94.5. The second-order valence-electron chi connectivity index (χ2n) is 27.7. The summed E-state index contributed by atoms with van der Waals surface area (Å²) in [5.74, 6) is -8.84. The average Bonchev–Trinajstić information content (AvgIpc) is 1.64. The molecule has 3 N–H and O–H groups in total. The molecule has 0 bridgehead atoms. The quantitative estimate of drug-likeness (QED) is 0.0121. The van der Waals surface area contributed by atoms with Crippen LogP contribution in [0.2, 0.25) is 0 Å². The monoisotopic (exact) mass is 1930 g/mol. The number of carboxylic acid groups (broad SMARTS) is 2. The number of aliphatic hydroxyl groups excluding tert-OH is 1. The summed E-state index contributed by atoms with van der Waals surface area (Å²) in [6.45, 7) is 3.17. The van der Waals surface area contributed by atoms with E-state index in [0.29, 0.717) is 5.56 Å². The van der Waals surface area contributed by atoms with Gasteiger partial charge in [0, 0.05) is 67.3 Å². The zero-order valence-electron chi connectivity index (χ0n) is 70.6. The number of rotatable bonds is 40. The number of sulfone groups is 1. The summed E-state index contributed by atoms with van der Waals surface area (Å²) in [5, 5.41) is 55.0. The number of nitrogens with one attached hydrogen (secondary N) is 2. The number of nitro benzene ring substituents is 2. The maximum atomic E-state index is 14.7. The number of imidazole rings is 2. The van der Waals surface area contributed by atoms with Crippen molar-refractivity contribution < 1.29 is 201 Å². The van der Waals surface area contributed by atoms with Crippen LogP contribution >= 0.6 is 0 Å². The number of pyridine rings is 2. The standard InChI is InChI=1S/C48H47F3N6O16S3.C31H31F3N4O10S2.CH4O.2Na/c1-30-23-36(24-31(2)45(30)76(68,69)55-41-15-5-4-14-38(41)54-47(55)74(65)28-40-32(3)42(18-19-52-40)73-29-48(49,50)51)72-27-43(58)53-39(46(60)71-20-8-10-33-9-6-11-34(25-33)56(61)62)16-17-44(59)70-21-22-75(66,67)37-13-7-12-35(26-37)57(63)64;1-17-12-20(47-14-26(39)36-22(29(42)43)8-9-27(40)41)13-18(2)28(17)50(45,46)38-24-7-5-4-6-21(24)37-30(38)49(44)15-23-19(3)25(10-11-35-23)48-16-31(32,33)34;1-2;;/h4-7,9,11-15,18-19,23-26,39H,8,10,16-17,20-22,27-29H2,1-3H3,(H,53,58);4-7,10-13,22H,8-9,14-16H2,1-3H3,(H,36,39)(H,40,41)(H,42,43);2H,1H3;;/q;;;2*+1/p-2. The van der Waals surface area contributed by atoms with Gasteiger partial charge in [-0.3, -0.25) is 53.0 Å². The smallest absolute Gasteiger partial charge is 0.550 e. The molecule has 37 nitrogen and oxygen atoms in total. The number of aryl methyl sites for hydroxylation is 5. The maximum Gasteiger partial charge on any atom is 1.00 e. The number of aliphatic carboxylic acids is 2. The van der Waals surface area contributed by atoms with Crippen molar-refractivity contribution >= 4 is 121 Å². The van der Waals surface area contributed by atoms with Gasteiger partial charge in [0.2, 0.25) is 10.3 Å². The number of alkyl halides is 6. The summed E-state index contributed by atoms with van der Waals surface area (Å²) in [6, 6.07) is 26.9. The number of para-hydroxylation sites is 4. The van der Waals surface area contributed by atoms with Gasteiger partial charge in [0.1, 0.15) is 35.6 Å². The molecule has 2 amide bonds. The fraction of sp³-hybridized carbons (Fsp3) is 0.325. The van der Waals surface area contributed by atoms with Gasteiger partial charge in [0.25, 0.3) is 43.2 Å². The number of aliphatic hydroxyl groups is 1. The fourth-order valence-electron chi connectivity index (χ4n) is 12.5. The molecule has 10 rings (SSSR count). The van der Waals surface area contributed by atoms with E-state index in [1.807, 2.05) is 0 Å². The molecule has 50 heteroatoms. The van der Waals surface area contributed by atoms with Crippen molar-refractivity contribution in [1.82, 2.24) is 38.5 Å². The third kappa shape index (κ3) is 29.5. The van der Waals surface area contributed by atoms with Crippen LogP contribution in [0.4, 0.5) is 37.7 Å². The van der Waals surface area contributed by atoms with Crippen molar-refractivity contribution in [2.45, 2.75) is 141 Å². The first-order valence-corrected chi connectivity index (χ1v) is 44.9. The van der Waals surface area contributed by atoms with E-state index in [4.69, 9.17) is 33.5 Å². The Balaban J connectivity index is 0.000000419. The third-order valence-electron chi connectivity index (χ3n) is 18.3. The second kappa shape index (κ2) is 47.8. The van der Waals surface area contributed by atoms with E-state index in [9.17, 15) is 119 Å². The van der Waals surface area contributed by atoms with Gasteiger partial charge in [-0.25, -0.2) is 48.0 Å². The number of non-ortho nitro benzene ring substituents is 2. The largest absolute Gasteiger partial charge is 1.00 e. The van der Waals surface area contributed by atoms with E-state index in [1.54, 1.807) is 30.3 Å². The van der Waals surface area contributed by atoms with Crippen molar-refractivity contribution in [3.63, 3.8) is 0 Å². The van der Waals surface area contributed by atoms with Crippen LogP contribution in [-0.4, -0.2) is 189 Å². The number of carboxylic acids is 2. The number of aromatic nitrogens is 6. The van der Waals surface area contributed by atoms with Crippen LogP contribution in [0.5, 0.6) is 23.0 Å². The molecular formula is C80H80F6N10Na2O27S5. The Morgan fingerprint density at radius 3 is 1.39 bits per heavy atom. The van der Waals surface area contributed by atoms with Crippen LogP contribution in [0.3, 0.4) is 0 Å². The van der Waals surface area contributed by atoms with Crippen LogP contribution in [0.25, 0.3) is 22.1 Å². The molecule has 0 radical (unpaired) electrons. The topological polar surface area (TPSA) is 532 Å². The number of carbonyl (C=O) groups excluding carboxylic acids is 6. The van der Waals surface area contributed by atoms with Crippen molar-refractivity contribution in [1.29, 1.82) is 0 Å². The van der Waals surface area contributed by atoms with Crippen molar-refractivity contribution in [2.24, 2.45) is 0 Å². The second-order valence-corrected chi connectivity index (χ2v) is 36.0. The van der Waals surface area contributed by atoms with Gasteiger partial charge < -0.3 is 64.0 Å². The predicted molar refractivity (Wildman–Crippen MR) is 438 cm³/mol. The average molecular weight is 1930 g/mol. The van der Waals surface area contributed by atoms with Gasteiger partial charge in [0.05, 0.1) is 115 Å². The molecule has 4 aromatic heterocycles. The van der Waals surface area contributed by atoms with Crippen molar-refractivity contribution in [3.8, 4) is 23.0 Å². The van der Waals surface area contributed by atoms with Crippen LogP contribution in [-0.2, 0) is 108 Å². The molecule has 0 saturated carbocycles. The molecule has 0 spiro atoms. The Morgan fingerprint density at radius 2 is 0.962 bits per heavy atom. The first-order valence-electron chi connectivity index (χ1n) is 37.7. The van der Waals surface area contributed by atoms with Gasteiger partial charge >= 0.3 is 83.4 Å². The minimum absolute atomic E-state index is 0. The first-order chi connectivity index (χ1) is 60.2. The van der Waals surface area contributed by atoms with Crippen LogP contribution in [0.15, 0.2) is 171 Å². The minimum atomic E-state index is -4.66. The van der Waals surface area contributed by atoms with E-state index < -0.39 is 208 Å². The molecule has 130 heavy (non-hydrogen) atoms. The first kappa shape index (κ1) is 108. The number of nitro groups is 2. The Labute approximate surface area is 787 Å². The van der Waals surface area contributed by atoms with E-state index in [1.165, 1.54) is 139 Å². The van der Waals surface area contributed by atoms with E-state index in [-0.39, 0.29) is 194 Å². The SMILES string of the molecule is CO.Cc1cc(OCC(=O)NC(CCC(=O)OCCS(=O)(=O)c2cccc([N+](=O)[O-])c2)C(=O)OCCCc2cccc([N+](=O)[O-])c2)cc(C)c1S(=O)(=O)n1c(S(=O)Cc2nccc(OCC(F)(F)F)c2C)nc2ccccc21.Cc1cc(OCC(=O)NC(CCC(=O)[O-])C(=O)[O-])cc(C)c1S(=O)(=O)n1c(S(=O)Cc2nccc(OCC(F)(F)F)c2C)nc2ccccc21.[Na+].[Na+]. The fourth-order valence-corrected chi connectivity index (χ4v) is 20.6. The van der Waals surface area contributed by atoms with Gasteiger partial charge in [-0.1, -0.05) is 42.5 Å². The number of benzene rings is 6. The Hall–Kier alpha value is -10.9. The summed E-state index contributed by atoms with van der Waals surface area (Å²) in [6.07, 6.45) is -8.47. The number of esters is 2. The molecule has 0 aliphatic carbocycles. The molecule has 10 aromatic rings. The van der Waals surface area contributed by atoms with Gasteiger partial charge in [-0.05, 0) is 168 Å². The van der Waals surface area contributed by atoms with E-state index >= 15 is 0 Å². The summed E-state index contributed by atoms with van der Waals surface area (Å²) in [4.78, 5) is 111. The minimum Gasteiger partial charge on any atom is -0.550 e. The van der Waals surface area contributed by atoms with Gasteiger partial charge in [-0.2, -0.15) is 26.3 Å². The molecule has 4 unspecified atom stereocenters. The normalized spacial score (nSPS) is 12.4. The van der Waals surface area contributed by atoms with Gasteiger partial charge in [-0.15, -0.1) is 0 Å². The predicted octanol–water partition coefficient (Wildman–Crippen LogP) is 1.10. The molecular weight excluding hydrogens is 1850 g/mol. The molecule has 0 aliphatic heterocycles. The Kier molecular flexibility index (Phi) is 39.6. The maximum absolute atomic E-state index is 14.7. The molecule has 4 atom stereocenters. The molecule has 0 saturated heterocycles. The molecule has 4 heterocycles. The number of hydrogen-bond acceptors (Lipinski definition) is 31. The van der Waals surface area contributed by atoms with E-state index in [2.05, 4.69) is 30.6 Å². The summed E-state index contributed by atoms with van der Waals surface area (Å²) in [7, 11) is -16.8. The summed E-state index contributed by atoms with van der Waals surface area (Å²) in [5.41, 5.74) is 1.52. The number of nitrogens with zero attached hydrogens (tertiary/aromatic N) is 8. The van der Waals surface area contributed by atoms with Gasteiger partial charge in [0.15, 0.2) is 36.3 Å². The molecule has 686 valence electrons. The van der Waals surface area contributed by atoms with Crippen LogP contribution in [0, 0.1) is 61.8 Å². The van der Waals surface area contributed by atoms with Crippen molar-refractivity contribution in [3.05, 3.63) is 216 Å². The number of ether oxygens (including phenoxy) is 6. The number of fused-ring (bicyclic) bond motifs is 2. The molecule has 6 aromatic carbocycles. The van der Waals surface area contributed by atoms with E-state index in [0.717, 1.165) is 33.3 Å². The van der Waals surface area contributed by atoms with Crippen LogP contribution < -0.4 is 98.9 Å². The number of carbonyl (C=O) groups is 6. The summed E-state index contributed by atoms with van der Waals surface area (Å²) < 4.78 is 222. The number of amides is 2. The van der Waals surface area contributed by atoms with Crippen LogP contribution in [0.1, 0.15) is 82.4 Å². The number of halogens is 6. The molecule has 0 fully saturated rings. The zero-order valence-corrected chi connectivity index (χ0v) is 78.6. The Morgan fingerprint density at radius 1 is 0.538 bits per heavy atom. The molecule has 0 aliphatic rings.